The molecule has 0 atom stereocenters. The van der Waals surface area contributed by atoms with Crippen LogP contribution in [0.25, 0.3) is 6.08 Å². The summed E-state index contributed by atoms with van der Waals surface area (Å²) in [6.07, 6.45) is 3.50. The average Bonchev–Trinajstić information content (AvgIpc) is 2.85. The molecule has 3 aromatic carbocycles. The number of carbonyl (C=O) groups is 2. The van der Waals surface area contributed by atoms with Crippen molar-refractivity contribution in [1.29, 1.82) is 0 Å². The molecule has 0 unspecified atom stereocenters. The van der Waals surface area contributed by atoms with Crippen LogP contribution in [-0.4, -0.2) is 25.5 Å². The number of benzene rings is 3. The summed E-state index contributed by atoms with van der Waals surface area (Å²) in [5, 5.41) is 0. The molecule has 0 fully saturated rings. The highest BCUT2D eigenvalue weighted by molar-refractivity contribution is 6.13. The Morgan fingerprint density at radius 1 is 0.970 bits per heavy atom. The summed E-state index contributed by atoms with van der Waals surface area (Å²) < 4.78 is 16.6. The lowest BCUT2D eigenvalue weighted by atomic mass is 9.86. The second-order valence-corrected chi connectivity index (χ2v) is 7.73. The molecule has 0 spiro atoms. The van der Waals surface area contributed by atoms with Crippen molar-refractivity contribution in [2.75, 3.05) is 13.7 Å². The molecule has 3 aromatic rings. The van der Waals surface area contributed by atoms with Gasteiger partial charge in [-0.05, 0) is 61.2 Å². The van der Waals surface area contributed by atoms with Gasteiger partial charge in [-0.1, -0.05) is 42.5 Å². The van der Waals surface area contributed by atoms with Crippen LogP contribution in [0.5, 0.6) is 11.5 Å². The molecule has 1 aliphatic carbocycles. The Hall–Kier alpha value is -3.86. The minimum Gasteiger partial charge on any atom is -0.496 e. The fourth-order valence-corrected chi connectivity index (χ4v) is 3.98. The van der Waals surface area contributed by atoms with Crippen LogP contribution >= 0.6 is 0 Å². The normalized spacial score (nSPS) is 14.0. The number of fused-ring (bicyclic) bond motifs is 1. The predicted molar refractivity (Wildman–Crippen MR) is 127 cm³/mol. The van der Waals surface area contributed by atoms with Crippen molar-refractivity contribution in [2.24, 2.45) is 0 Å². The molecule has 0 heterocycles. The van der Waals surface area contributed by atoms with Crippen LogP contribution in [0.3, 0.4) is 0 Å². The number of para-hydroxylation sites is 1. The number of methoxy groups -OCH3 is 1. The summed E-state index contributed by atoms with van der Waals surface area (Å²) >= 11 is 0. The van der Waals surface area contributed by atoms with Crippen LogP contribution in [0.1, 0.15) is 50.8 Å². The minimum atomic E-state index is -0.422. The van der Waals surface area contributed by atoms with E-state index in [0.29, 0.717) is 30.1 Å². The first kappa shape index (κ1) is 22.3. The van der Waals surface area contributed by atoms with E-state index in [2.05, 4.69) is 0 Å². The lowest BCUT2D eigenvalue weighted by molar-refractivity contribution is 0.0521. The first-order valence-electron chi connectivity index (χ1n) is 11.0. The SMILES string of the molecule is CCOC(=O)c1ccccc1OCc1cc(/C=C2/CCc3ccccc3C2=O)ccc1OC. The first-order valence-corrected chi connectivity index (χ1v) is 11.0. The van der Waals surface area contributed by atoms with E-state index in [1.807, 2.05) is 54.6 Å². The van der Waals surface area contributed by atoms with Gasteiger partial charge in [0.15, 0.2) is 5.78 Å². The fourth-order valence-electron chi connectivity index (χ4n) is 3.98. The van der Waals surface area contributed by atoms with E-state index in [9.17, 15) is 9.59 Å². The number of ketones is 1. The summed E-state index contributed by atoms with van der Waals surface area (Å²) in [5.74, 6) is 0.774. The van der Waals surface area contributed by atoms with Crippen molar-refractivity contribution in [3.63, 3.8) is 0 Å². The van der Waals surface area contributed by atoms with Crippen molar-refractivity contribution < 1.29 is 23.8 Å². The third-order valence-electron chi connectivity index (χ3n) is 5.63. The smallest absolute Gasteiger partial charge is 0.341 e. The molecule has 0 bridgehead atoms. The van der Waals surface area contributed by atoms with Crippen molar-refractivity contribution in [2.45, 2.75) is 26.4 Å². The third-order valence-corrected chi connectivity index (χ3v) is 5.63. The molecule has 0 saturated carbocycles. The van der Waals surface area contributed by atoms with Crippen LogP contribution < -0.4 is 9.47 Å². The second-order valence-electron chi connectivity index (χ2n) is 7.73. The highest BCUT2D eigenvalue weighted by Crippen LogP contribution is 2.29. The number of hydrogen-bond donors (Lipinski definition) is 0. The van der Waals surface area contributed by atoms with E-state index in [0.717, 1.165) is 34.2 Å². The van der Waals surface area contributed by atoms with Gasteiger partial charge in [0.2, 0.25) is 0 Å². The largest absolute Gasteiger partial charge is 0.496 e. The van der Waals surface area contributed by atoms with Crippen LogP contribution in [-0.2, 0) is 17.8 Å². The number of allylic oxidation sites excluding steroid dienone is 1. The Morgan fingerprint density at radius 3 is 2.58 bits per heavy atom. The molecular formula is C28H26O5. The van der Waals surface area contributed by atoms with Crippen molar-refractivity contribution in [3.05, 3.63) is 100 Å². The van der Waals surface area contributed by atoms with Gasteiger partial charge in [-0.15, -0.1) is 0 Å². The monoisotopic (exact) mass is 442 g/mol. The predicted octanol–water partition coefficient (Wildman–Crippen LogP) is 5.66. The standard InChI is InChI=1S/C28H26O5/c1-3-32-28(30)24-10-6-7-11-26(24)33-18-22-17-19(12-15-25(22)31-2)16-21-14-13-20-8-4-5-9-23(20)27(21)29/h4-12,15-17H,3,13-14,18H2,1-2H3/b21-16-. The van der Waals surface area contributed by atoms with Crippen molar-refractivity contribution in [3.8, 4) is 11.5 Å². The van der Waals surface area contributed by atoms with Gasteiger partial charge in [0.05, 0.1) is 13.7 Å². The Labute approximate surface area is 193 Å². The number of esters is 1. The van der Waals surface area contributed by atoms with Gasteiger partial charge < -0.3 is 14.2 Å². The van der Waals surface area contributed by atoms with E-state index in [1.165, 1.54) is 0 Å². The number of aryl methyl sites for hydroxylation is 1. The Kier molecular flexibility index (Phi) is 6.89. The molecule has 0 aromatic heterocycles. The molecule has 5 heteroatoms. The van der Waals surface area contributed by atoms with Gasteiger partial charge in [0.1, 0.15) is 23.7 Å². The van der Waals surface area contributed by atoms with E-state index >= 15 is 0 Å². The lowest BCUT2D eigenvalue weighted by Crippen LogP contribution is -2.13. The third kappa shape index (κ3) is 4.98. The summed E-state index contributed by atoms with van der Waals surface area (Å²) in [4.78, 5) is 25.2. The Morgan fingerprint density at radius 2 is 1.76 bits per heavy atom. The fraction of sp³-hybridized carbons (Fsp3) is 0.214. The first-order chi connectivity index (χ1) is 16.1. The molecule has 0 amide bonds. The molecule has 5 nitrogen and oxygen atoms in total. The maximum atomic E-state index is 12.9. The van der Waals surface area contributed by atoms with Gasteiger partial charge in [0.25, 0.3) is 0 Å². The molecule has 0 N–H and O–H groups in total. The van der Waals surface area contributed by atoms with Crippen molar-refractivity contribution >= 4 is 17.8 Å². The van der Waals surface area contributed by atoms with Crippen LogP contribution in [0, 0.1) is 0 Å². The summed E-state index contributed by atoms with van der Waals surface area (Å²) in [6.45, 7) is 2.26. The Bertz CT molecular complexity index is 1210. The van der Waals surface area contributed by atoms with Crippen LogP contribution in [0.2, 0.25) is 0 Å². The maximum absolute atomic E-state index is 12.9. The lowest BCUT2D eigenvalue weighted by Gasteiger charge is -2.17. The summed E-state index contributed by atoms with van der Waals surface area (Å²) in [5.41, 5.74) is 4.76. The molecule has 4 rings (SSSR count). The highest BCUT2D eigenvalue weighted by atomic mass is 16.5. The quantitative estimate of drug-likeness (QED) is 0.349. The van der Waals surface area contributed by atoms with E-state index in [-0.39, 0.29) is 12.4 Å². The number of rotatable bonds is 7. The number of ether oxygens (including phenoxy) is 3. The zero-order valence-electron chi connectivity index (χ0n) is 18.8. The van der Waals surface area contributed by atoms with Gasteiger partial charge in [-0.25, -0.2) is 4.79 Å². The second kappa shape index (κ2) is 10.2. The molecular weight excluding hydrogens is 416 g/mol. The minimum absolute atomic E-state index is 0.0776. The summed E-state index contributed by atoms with van der Waals surface area (Å²) in [6, 6.07) is 20.5. The van der Waals surface area contributed by atoms with Gasteiger partial charge in [-0.2, -0.15) is 0 Å². The molecule has 0 radical (unpaired) electrons. The molecule has 0 aliphatic heterocycles. The molecule has 33 heavy (non-hydrogen) atoms. The molecule has 168 valence electrons. The maximum Gasteiger partial charge on any atom is 0.341 e. The number of carbonyl (C=O) groups excluding carboxylic acids is 2. The molecule has 0 saturated heterocycles. The molecule has 1 aliphatic rings. The Balaban J connectivity index is 1.57. The zero-order valence-corrected chi connectivity index (χ0v) is 18.8. The zero-order chi connectivity index (χ0) is 23.2. The van der Waals surface area contributed by atoms with Gasteiger partial charge >= 0.3 is 5.97 Å². The highest BCUT2D eigenvalue weighted by Gasteiger charge is 2.21. The van der Waals surface area contributed by atoms with E-state index in [1.54, 1.807) is 32.2 Å². The number of hydrogen-bond acceptors (Lipinski definition) is 5. The van der Waals surface area contributed by atoms with E-state index in [4.69, 9.17) is 14.2 Å². The summed E-state index contributed by atoms with van der Waals surface area (Å²) in [7, 11) is 1.60. The topological polar surface area (TPSA) is 61.8 Å². The van der Waals surface area contributed by atoms with Crippen molar-refractivity contribution in [1.82, 2.24) is 0 Å². The van der Waals surface area contributed by atoms with Crippen LogP contribution in [0.15, 0.2) is 72.3 Å². The van der Waals surface area contributed by atoms with Gasteiger partial charge in [-0.3, -0.25) is 4.79 Å². The van der Waals surface area contributed by atoms with Crippen LogP contribution in [0.4, 0.5) is 0 Å². The number of Topliss-reactive ketones (excluding diaryl/α,β-unsaturated/α-hetero) is 1. The van der Waals surface area contributed by atoms with E-state index < -0.39 is 5.97 Å². The average molecular weight is 443 g/mol. The van der Waals surface area contributed by atoms with Gasteiger partial charge in [0, 0.05) is 16.7 Å².